The largest absolute Gasteiger partial charge is 0.289 e. The number of carbonyl (C=O) groups is 1. The lowest BCUT2D eigenvalue weighted by Gasteiger charge is -1.98. The Balaban J connectivity index is 1.76. The van der Waals surface area contributed by atoms with E-state index in [1.807, 2.05) is 36.5 Å². The van der Waals surface area contributed by atoms with Crippen molar-refractivity contribution in [2.24, 2.45) is 0 Å². The Morgan fingerprint density at radius 3 is 2.70 bits per heavy atom. The summed E-state index contributed by atoms with van der Waals surface area (Å²) in [6, 6.07) is 13.6. The monoisotopic (exact) mass is 326 g/mol. The molecular formula is C18H12ClFN2O. The lowest BCUT2D eigenvalue weighted by atomic mass is 10.1. The van der Waals surface area contributed by atoms with Crippen LogP contribution >= 0.6 is 11.6 Å². The van der Waals surface area contributed by atoms with Crippen LogP contribution in [0.1, 0.15) is 15.9 Å². The van der Waals surface area contributed by atoms with Crippen molar-refractivity contribution in [3.8, 4) is 5.69 Å². The number of hydrogen-bond acceptors (Lipinski definition) is 2. The molecule has 1 heterocycles. The molecule has 0 bridgehead atoms. The van der Waals surface area contributed by atoms with E-state index in [0.717, 1.165) is 11.3 Å². The average molecular weight is 327 g/mol. The van der Waals surface area contributed by atoms with Crippen LogP contribution in [-0.2, 0) is 0 Å². The molecule has 3 aromatic rings. The lowest BCUT2D eigenvalue weighted by molar-refractivity contribution is 0.104. The first-order valence-corrected chi connectivity index (χ1v) is 7.29. The van der Waals surface area contributed by atoms with Gasteiger partial charge in [-0.2, -0.15) is 5.10 Å². The predicted molar refractivity (Wildman–Crippen MR) is 88.3 cm³/mol. The number of nitrogens with zero attached hydrogens (tertiary/aromatic N) is 2. The Labute approximate surface area is 137 Å². The zero-order chi connectivity index (χ0) is 16.2. The maximum absolute atomic E-state index is 13.1. The van der Waals surface area contributed by atoms with Gasteiger partial charge >= 0.3 is 0 Å². The maximum atomic E-state index is 13.1. The molecule has 5 heteroatoms. The maximum Gasteiger partial charge on any atom is 0.185 e. The molecule has 0 aliphatic rings. The highest BCUT2D eigenvalue weighted by atomic mass is 35.5. The van der Waals surface area contributed by atoms with Gasteiger partial charge in [0.05, 0.1) is 16.9 Å². The third kappa shape index (κ3) is 3.55. The summed E-state index contributed by atoms with van der Waals surface area (Å²) in [4.78, 5) is 12.1. The Morgan fingerprint density at radius 2 is 1.96 bits per heavy atom. The van der Waals surface area contributed by atoms with Gasteiger partial charge in [-0.1, -0.05) is 29.8 Å². The summed E-state index contributed by atoms with van der Waals surface area (Å²) in [6.45, 7) is 0. The minimum absolute atomic E-state index is 0.0684. The predicted octanol–water partition coefficient (Wildman–Crippen LogP) is 4.56. The number of aromatic nitrogens is 2. The molecule has 3 rings (SSSR count). The molecule has 0 fully saturated rings. The summed E-state index contributed by atoms with van der Waals surface area (Å²) in [7, 11) is 0. The van der Waals surface area contributed by atoms with Crippen LogP contribution in [0.25, 0.3) is 11.8 Å². The molecule has 1 aromatic heterocycles. The minimum Gasteiger partial charge on any atom is -0.289 e. The number of rotatable bonds is 4. The molecule has 0 aliphatic heterocycles. The summed E-state index contributed by atoms with van der Waals surface area (Å²) in [5.41, 5.74) is 2.06. The highest BCUT2D eigenvalue weighted by Gasteiger charge is 2.06. The number of allylic oxidation sites excluding steroid dienone is 1. The fourth-order valence-corrected chi connectivity index (χ4v) is 2.24. The number of ketones is 1. The molecule has 0 radical (unpaired) electrons. The van der Waals surface area contributed by atoms with Crippen molar-refractivity contribution >= 4 is 23.5 Å². The van der Waals surface area contributed by atoms with Gasteiger partial charge in [0.2, 0.25) is 0 Å². The summed E-state index contributed by atoms with van der Waals surface area (Å²) in [6.07, 6.45) is 6.55. The molecule has 3 nitrogen and oxygen atoms in total. The zero-order valence-electron chi connectivity index (χ0n) is 12.0. The normalized spacial score (nSPS) is 11.0. The standard InChI is InChI=1S/C18H12ClFN2O/c19-16-10-14(7-8-17(16)20)18(23)9-6-13-11-21-22(12-13)15-4-2-1-3-5-15/h1-12H/b9-6+. The summed E-state index contributed by atoms with van der Waals surface area (Å²) in [5.74, 6) is -0.796. The van der Waals surface area contributed by atoms with E-state index in [9.17, 15) is 9.18 Å². The van der Waals surface area contributed by atoms with E-state index in [0.29, 0.717) is 5.56 Å². The van der Waals surface area contributed by atoms with Gasteiger partial charge < -0.3 is 0 Å². The Hall–Kier alpha value is -2.72. The van der Waals surface area contributed by atoms with Crippen LogP contribution in [0, 0.1) is 5.82 Å². The minimum atomic E-state index is -0.545. The molecule has 0 aliphatic carbocycles. The molecule has 0 saturated heterocycles. The summed E-state index contributed by atoms with van der Waals surface area (Å²) >= 11 is 5.68. The van der Waals surface area contributed by atoms with Gasteiger partial charge in [0.1, 0.15) is 5.82 Å². The van der Waals surface area contributed by atoms with Crippen molar-refractivity contribution in [3.05, 3.63) is 89.0 Å². The van der Waals surface area contributed by atoms with Crippen molar-refractivity contribution in [2.45, 2.75) is 0 Å². The lowest BCUT2D eigenvalue weighted by Crippen LogP contribution is -1.94. The van der Waals surface area contributed by atoms with Crippen LogP contribution in [0.3, 0.4) is 0 Å². The fraction of sp³-hybridized carbons (Fsp3) is 0. The summed E-state index contributed by atoms with van der Waals surface area (Å²) in [5, 5.41) is 4.18. The second kappa shape index (κ2) is 6.58. The van der Waals surface area contributed by atoms with E-state index in [1.54, 1.807) is 17.0 Å². The van der Waals surface area contributed by atoms with Gasteiger partial charge in [-0.05, 0) is 42.5 Å². The van der Waals surface area contributed by atoms with Crippen molar-refractivity contribution in [3.63, 3.8) is 0 Å². The van der Waals surface area contributed by atoms with E-state index >= 15 is 0 Å². The first-order chi connectivity index (χ1) is 11.1. The van der Waals surface area contributed by atoms with Crippen molar-refractivity contribution in [1.82, 2.24) is 9.78 Å². The van der Waals surface area contributed by atoms with Crippen LogP contribution in [0.5, 0.6) is 0 Å². The first kappa shape index (κ1) is 15.2. The number of benzene rings is 2. The zero-order valence-corrected chi connectivity index (χ0v) is 12.7. The smallest absolute Gasteiger partial charge is 0.185 e. The molecule has 0 atom stereocenters. The SMILES string of the molecule is O=C(/C=C/c1cnn(-c2ccccc2)c1)c1ccc(F)c(Cl)c1. The van der Waals surface area contributed by atoms with E-state index < -0.39 is 5.82 Å². The Bertz CT molecular complexity index is 872. The molecule has 0 spiro atoms. The van der Waals surface area contributed by atoms with Crippen molar-refractivity contribution in [2.75, 3.05) is 0 Å². The molecule has 114 valence electrons. The second-order valence-electron chi connectivity index (χ2n) is 4.88. The van der Waals surface area contributed by atoms with Gasteiger partial charge in [-0.25, -0.2) is 9.07 Å². The Kier molecular flexibility index (Phi) is 4.35. The van der Waals surface area contributed by atoms with Gasteiger partial charge in [0.25, 0.3) is 0 Å². The number of para-hydroxylation sites is 1. The first-order valence-electron chi connectivity index (χ1n) is 6.91. The fourth-order valence-electron chi connectivity index (χ4n) is 2.06. The van der Waals surface area contributed by atoms with Crippen LogP contribution in [0.15, 0.2) is 67.0 Å². The van der Waals surface area contributed by atoms with Crippen LogP contribution in [0.2, 0.25) is 5.02 Å². The van der Waals surface area contributed by atoms with E-state index in [-0.39, 0.29) is 10.8 Å². The number of halogens is 2. The molecular weight excluding hydrogens is 315 g/mol. The van der Waals surface area contributed by atoms with Gasteiger partial charge in [-0.15, -0.1) is 0 Å². The van der Waals surface area contributed by atoms with Crippen LogP contribution in [0.4, 0.5) is 4.39 Å². The number of hydrogen-bond donors (Lipinski definition) is 0. The van der Waals surface area contributed by atoms with Crippen molar-refractivity contribution < 1.29 is 9.18 Å². The molecule has 23 heavy (non-hydrogen) atoms. The quantitative estimate of drug-likeness (QED) is 0.520. The van der Waals surface area contributed by atoms with Gasteiger partial charge in [0, 0.05) is 17.3 Å². The molecule has 0 amide bonds. The molecule has 0 N–H and O–H groups in total. The van der Waals surface area contributed by atoms with E-state index in [1.165, 1.54) is 24.3 Å². The second-order valence-corrected chi connectivity index (χ2v) is 5.29. The highest BCUT2D eigenvalue weighted by Crippen LogP contribution is 2.17. The third-order valence-electron chi connectivity index (χ3n) is 3.25. The number of carbonyl (C=O) groups excluding carboxylic acids is 1. The Morgan fingerprint density at radius 1 is 1.17 bits per heavy atom. The van der Waals surface area contributed by atoms with Crippen LogP contribution < -0.4 is 0 Å². The highest BCUT2D eigenvalue weighted by molar-refractivity contribution is 6.31. The third-order valence-corrected chi connectivity index (χ3v) is 3.54. The van der Waals surface area contributed by atoms with E-state index in [2.05, 4.69) is 5.10 Å². The van der Waals surface area contributed by atoms with Gasteiger partial charge in [-0.3, -0.25) is 4.79 Å². The van der Waals surface area contributed by atoms with E-state index in [4.69, 9.17) is 11.6 Å². The topological polar surface area (TPSA) is 34.9 Å². The molecule has 0 saturated carbocycles. The average Bonchev–Trinajstić information content (AvgIpc) is 3.05. The van der Waals surface area contributed by atoms with Crippen molar-refractivity contribution in [1.29, 1.82) is 0 Å². The molecule has 2 aromatic carbocycles. The van der Waals surface area contributed by atoms with Gasteiger partial charge in [0.15, 0.2) is 5.78 Å². The molecule has 0 unspecified atom stereocenters. The van der Waals surface area contributed by atoms with Crippen LogP contribution in [-0.4, -0.2) is 15.6 Å². The summed E-state index contributed by atoms with van der Waals surface area (Å²) < 4.78 is 14.8.